The van der Waals surface area contributed by atoms with E-state index in [9.17, 15) is 36.8 Å². The maximum atomic E-state index is 13.9. The summed E-state index contributed by atoms with van der Waals surface area (Å²) in [6.45, 7) is 3.23. The average molecular weight is 599 g/mol. The van der Waals surface area contributed by atoms with E-state index in [0.29, 0.717) is 5.56 Å². The zero-order chi connectivity index (χ0) is 31.7. The number of hydrogen-bond acceptors (Lipinski definition) is 6. The van der Waals surface area contributed by atoms with Crippen LogP contribution in [0.4, 0.5) is 27.8 Å². The lowest BCUT2D eigenvalue weighted by atomic mass is 9.86. The molecule has 4 rings (SSSR count). The molecule has 0 unspecified atom stereocenters. The fourth-order valence-electron chi connectivity index (χ4n) is 4.33. The van der Waals surface area contributed by atoms with Crippen LogP contribution in [0.1, 0.15) is 46.5 Å². The Balaban J connectivity index is 1.93. The lowest BCUT2D eigenvalue weighted by molar-refractivity contribution is -0.275. The normalized spacial score (nSPS) is 12.2. The molecule has 0 atom stereocenters. The highest BCUT2D eigenvalue weighted by Crippen LogP contribution is 2.40. The molecule has 0 saturated carbocycles. The van der Waals surface area contributed by atoms with Crippen molar-refractivity contribution in [1.29, 1.82) is 5.26 Å². The number of halogens is 5. The van der Waals surface area contributed by atoms with Crippen LogP contribution in [0.3, 0.4) is 0 Å². The van der Waals surface area contributed by atoms with E-state index < -0.39 is 30.0 Å². The van der Waals surface area contributed by atoms with E-state index >= 15 is 0 Å². The first kappa shape index (κ1) is 31.2. The number of anilines is 1. The second-order valence-corrected chi connectivity index (χ2v) is 10.7. The highest BCUT2D eigenvalue weighted by molar-refractivity contribution is 6.11. The van der Waals surface area contributed by atoms with Gasteiger partial charge in [0.05, 0.1) is 29.0 Å². The second kappa shape index (κ2) is 11.5. The van der Waals surface area contributed by atoms with E-state index in [0.717, 1.165) is 5.56 Å². The molecule has 0 bridgehead atoms. The van der Waals surface area contributed by atoms with E-state index in [2.05, 4.69) is 15.6 Å². The molecule has 0 fully saturated rings. The number of rotatable bonds is 9. The molecular weight excluding hydrogens is 571 g/mol. The molecule has 0 spiro atoms. The van der Waals surface area contributed by atoms with Gasteiger partial charge in [-0.15, -0.1) is 0 Å². The number of carbonyl (C=O) groups is 2. The molecule has 2 N–H and O–H groups in total. The van der Waals surface area contributed by atoms with Crippen molar-refractivity contribution in [3.05, 3.63) is 71.3 Å². The maximum Gasteiger partial charge on any atom is 0.455 e. The highest BCUT2D eigenvalue weighted by atomic mass is 19.4. The van der Waals surface area contributed by atoms with Gasteiger partial charge < -0.3 is 15.1 Å². The van der Waals surface area contributed by atoms with Crippen molar-refractivity contribution in [2.75, 3.05) is 18.9 Å². The predicted octanol–water partition coefficient (Wildman–Crippen LogP) is 7.56. The van der Waals surface area contributed by atoms with E-state index in [4.69, 9.17) is 4.42 Å². The third kappa shape index (κ3) is 6.51. The van der Waals surface area contributed by atoms with Crippen molar-refractivity contribution in [2.24, 2.45) is 5.41 Å². The molecule has 0 saturated heterocycles. The molecule has 0 aliphatic heterocycles. The Hall–Kier alpha value is -4.79. The summed E-state index contributed by atoms with van der Waals surface area (Å²) in [6, 6.07) is 16.4. The fourth-order valence-corrected chi connectivity index (χ4v) is 4.33. The molecule has 43 heavy (non-hydrogen) atoms. The van der Waals surface area contributed by atoms with Gasteiger partial charge >= 0.3 is 12.1 Å². The Bertz CT molecular complexity index is 1740. The molecule has 0 aliphatic carbocycles. The number of nitrogens with zero attached hydrogens (tertiary/aromatic N) is 2. The number of ketones is 1. The Labute approximate surface area is 243 Å². The van der Waals surface area contributed by atoms with E-state index in [1.807, 2.05) is 13.0 Å². The predicted molar refractivity (Wildman–Crippen MR) is 151 cm³/mol. The summed E-state index contributed by atoms with van der Waals surface area (Å²) < 4.78 is 72.7. The topological polar surface area (TPSA) is 108 Å². The number of nitrogens with one attached hydrogen (secondary N) is 2. The molecule has 0 radical (unpaired) electrons. The number of Topliss-reactive ketones (excluding diaryl/α,β-unsaturated/α-hetero) is 1. The number of hydrogen-bond donors (Lipinski definition) is 2. The zero-order valence-electron chi connectivity index (χ0n) is 23.6. The summed E-state index contributed by atoms with van der Waals surface area (Å²) in [5.41, 5.74) is 0.848. The van der Waals surface area contributed by atoms with E-state index in [1.54, 1.807) is 38.1 Å². The van der Waals surface area contributed by atoms with Crippen LogP contribution in [0.25, 0.3) is 33.6 Å². The first-order valence-corrected chi connectivity index (χ1v) is 13.1. The first-order chi connectivity index (χ1) is 20.1. The lowest BCUT2D eigenvalue weighted by Crippen LogP contribution is -2.42. The van der Waals surface area contributed by atoms with Gasteiger partial charge in [-0.1, -0.05) is 48.0 Å². The van der Waals surface area contributed by atoms with Crippen molar-refractivity contribution in [1.82, 2.24) is 10.3 Å². The third-order valence-electron chi connectivity index (χ3n) is 6.74. The number of pyridine rings is 1. The molecule has 1 amide bonds. The summed E-state index contributed by atoms with van der Waals surface area (Å²) in [7, 11) is 1.40. The van der Waals surface area contributed by atoms with Gasteiger partial charge in [0, 0.05) is 30.2 Å². The number of amides is 1. The Morgan fingerprint density at radius 2 is 1.67 bits per heavy atom. The molecule has 2 aromatic heterocycles. The minimum Gasteiger partial charge on any atom is -0.437 e. The van der Waals surface area contributed by atoms with Crippen molar-refractivity contribution in [3.8, 4) is 28.5 Å². The fraction of sp³-hybridized carbons (Fsp3) is 0.290. The van der Waals surface area contributed by atoms with Crippen LogP contribution in [0.5, 0.6) is 0 Å². The summed E-state index contributed by atoms with van der Waals surface area (Å²) >= 11 is 0. The molecule has 224 valence electrons. The molecule has 0 aliphatic rings. The van der Waals surface area contributed by atoms with Crippen LogP contribution in [0.2, 0.25) is 0 Å². The van der Waals surface area contributed by atoms with Crippen LogP contribution in [0, 0.1) is 23.7 Å². The number of alkyl halides is 5. The number of aryl methyl sites for hydroxylation is 1. The number of carbonyl (C=O) groups excluding carboxylic acids is 2. The van der Waals surface area contributed by atoms with Crippen LogP contribution < -0.4 is 10.6 Å². The highest BCUT2D eigenvalue weighted by Gasteiger charge is 2.57. The van der Waals surface area contributed by atoms with Gasteiger partial charge in [0.25, 0.3) is 5.91 Å². The Morgan fingerprint density at radius 1 is 1.00 bits per heavy atom. The SMILES string of the molecule is CNC(=O)c1c(-c2ccc(C)cc2)oc2nc(NCC(F)(F)C(F)(F)F)c(-c3cccc(C(=O)CC(C)(C)C#N)c3)cc12. The van der Waals surface area contributed by atoms with Crippen LogP contribution in [-0.4, -0.2) is 42.4 Å². The summed E-state index contributed by atoms with van der Waals surface area (Å²) in [5, 5.41) is 14.1. The Morgan fingerprint density at radius 3 is 2.28 bits per heavy atom. The van der Waals surface area contributed by atoms with Crippen molar-refractivity contribution in [3.63, 3.8) is 0 Å². The molecule has 4 aromatic rings. The standard InChI is InChI=1S/C31H27F5N4O3/c1-17-8-10-18(11-9-17)25-24(27(42)38-4)22-13-21(19-6-5-7-20(12-19)23(41)14-29(2,3)15-37)26(40-28(22)43-25)39-16-30(32,33)31(34,35)36/h5-13H,14,16H2,1-4H3,(H,38,42)(H,39,40). The molecular formula is C31H27F5N4O3. The number of aromatic nitrogens is 1. The second-order valence-electron chi connectivity index (χ2n) is 10.7. The van der Waals surface area contributed by atoms with Gasteiger partial charge in [-0.3, -0.25) is 9.59 Å². The van der Waals surface area contributed by atoms with Crippen molar-refractivity contribution in [2.45, 2.75) is 39.3 Å². The number of benzene rings is 2. The number of nitriles is 1. The molecule has 2 aromatic carbocycles. The lowest BCUT2D eigenvalue weighted by Gasteiger charge is -2.21. The molecule has 12 heteroatoms. The van der Waals surface area contributed by atoms with Crippen LogP contribution in [-0.2, 0) is 0 Å². The Kier molecular flexibility index (Phi) is 8.31. The number of fused-ring (bicyclic) bond motifs is 1. The van der Waals surface area contributed by atoms with Gasteiger partial charge in [0.2, 0.25) is 5.71 Å². The molecule has 7 nitrogen and oxygen atoms in total. The van der Waals surface area contributed by atoms with Crippen molar-refractivity contribution >= 4 is 28.6 Å². The monoisotopic (exact) mass is 598 g/mol. The first-order valence-electron chi connectivity index (χ1n) is 13.1. The van der Waals surface area contributed by atoms with Gasteiger partial charge in [-0.25, -0.2) is 0 Å². The quantitative estimate of drug-likeness (QED) is 0.152. The van der Waals surface area contributed by atoms with Crippen LogP contribution >= 0.6 is 0 Å². The van der Waals surface area contributed by atoms with Gasteiger partial charge in [-0.05, 0) is 38.5 Å². The number of furan rings is 1. The van der Waals surface area contributed by atoms with Gasteiger partial charge in [0.15, 0.2) is 5.78 Å². The molecule has 2 heterocycles. The van der Waals surface area contributed by atoms with Crippen LogP contribution in [0.15, 0.2) is 59.0 Å². The average Bonchev–Trinajstić information content (AvgIpc) is 3.33. The summed E-state index contributed by atoms with van der Waals surface area (Å²) in [6.07, 6.45) is -5.94. The largest absolute Gasteiger partial charge is 0.455 e. The zero-order valence-corrected chi connectivity index (χ0v) is 23.6. The van der Waals surface area contributed by atoms with Gasteiger partial charge in [-0.2, -0.15) is 32.2 Å². The van der Waals surface area contributed by atoms with E-state index in [1.165, 1.54) is 37.4 Å². The smallest absolute Gasteiger partial charge is 0.437 e. The summed E-state index contributed by atoms with van der Waals surface area (Å²) in [4.78, 5) is 30.2. The van der Waals surface area contributed by atoms with E-state index in [-0.39, 0.29) is 57.1 Å². The third-order valence-corrected chi connectivity index (χ3v) is 6.74. The minimum absolute atomic E-state index is 0.0427. The van der Waals surface area contributed by atoms with Gasteiger partial charge in [0.1, 0.15) is 11.6 Å². The maximum absolute atomic E-state index is 13.9. The van der Waals surface area contributed by atoms with Crippen molar-refractivity contribution < 1.29 is 36.0 Å². The minimum atomic E-state index is -5.82. The summed E-state index contributed by atoms with van der Waals surface area (Å²) in [5.74, 6) is -6.28.